The van der Waals surface area contributed by atoms with Gasteiger partial charge in [0.1, 0.15) is 0 Å². The van der Waals surface area contributed by atoms with E-state index in [1.165, 1.54) is 6.92 Å². The standard InChI is InChI=1S/C27H51N5O8/c1-3-4-5-6-11-21-31(39)26(36)16-14-25(35)29-19-10-8-13-22-32(40)27(37)17-15-24(34)28-18-9-7-12-20-30(38)23(2)33/h38-40H,3-22H2,1-2H3,(H,28,34)(H,29,35). The fraction of sp³-hybridized carbons (Fsp3) is 0.815. The van der Waals surface area contributed by atoms with Gasteiger partial charge in [0.15, 0.2) is 0 Å². The van der Waals surface area contributed by atoms with Crippen LogP contribution in [0.15, 0.2) is 0 Å². The van der Waals surface area contributed by atoms with E-state index in [0.717, 1.165) is 38.5 Å². The number of hydrogen-bond donors (Lipinski definition) is 5. The number of carbonyl (C=O) groups is 5. The van der Waals surface area contributed by atoms with Gasteiger partial charge in [-0.15, -0.1) is 0 Å². The van der Waals surface area contributed by atoms with Crippen molar-refractivity contribution < 1.29 is 39.6 Å². The summed E-state index contributed by atoms with van der Waals surface area (Å²) in [7, 11) is 0. The lowest BCUT2D eigenvalue weighted by atomic mass is 10.1. The third-order valence-corrected chi connectivity index (χ3v) is 6.28. The molecular formula is C27H51N5O8. The first kappa shape index (κ1) is 37.2. The van der Waals surface area contributed by atoms with Crippen molar-refractivity contribution in [2.24, 2.45) is 0 Å². The zero-order valence-corrected chi connectivity index (χ0v) is 24.4. The first-order valence-electron chi connectivity index (χ1n) is 14.6. The second-order valence-electron chi connectivity index (χ2n) is 9.91. The molecule has 0 unspecified atom stereocenters. The van der Waals surface area contributed by atoms with Crippen molar-refractivity contribution in [1.29, 1.82) is 0 Å². The van der Waals surface area contributed by atoms with Crippen molar-refractivity contribution in [2.75, 3.05) is 32.7 Å². The lowest BCUT2D eigenvalue weighted by Gasteiger charge is -2.15. The zero-order chi connectivity index (χ0) is 30.2. The van der Waals surface area contributed by atoms with Crippen molar-refractivity contribution in [2.45, 2.75) is 110 Å². The van der Waals surface area contributed by atoms with Gasteiger partial charge in [-0.05, 0) is 44.9 Å². The Kier molecular flexibility index (Phi) is 22.4. The third kappa shape index (κ3) is 21.1. The Bertz CT molecular complexity index is 752. The maximum Gasteiger partial charge on any atom is 0.246 e. The molecule has 13 heteroatoms. The molecule has 0 fully saturated rings. The van der Waals surface area contributed by atoms with Crippen LogP contribution in [0.3, 0.4) is 0 Å². The van der Waals surface area contributed by atoms with E-state index in [9.17, 15) is 39.6 Å². The van der Waals surface area contributed by atoms with E-state index in [4.69, 9.17) is 0 Å². The number of amides is 5. The molecule has 40 heavy (non-hydrogen) atoms. The van der Waals surface area contributed by atoms with Gasteiger partial charge in [-0.3, -0.25) is 39.6 Å². The van der Waals surface area contributed by atoms with Gasteiger partial charge in [0.25, 0.3) is 0 Å². The Morgan fingerprint density at radius 2 is 0.900 bits per heavy atom. The molecule has 0 saturated carbocycles. The summed E-state index contributed by atoms with van der Waals surface area (Å²) < 4.78 is 0. The first-order chi connectivity index (χ1) is 19.1. The summed E-state index contributed by atoms with van der Waals surface area (Å²) >= 11 is 0. The molecule has 0 aliphatic rings. The Balaban J connectivity index is 3.75. The first-order valence-corrected chi connectivity index (χ1v) is 14.6. The monoisotopic (exact) mass is 573 g/mol. The van der Waals surface area contributed by atoms with Gasteiger partial charge in [-0.25, -0.2) is 15.2 Å². The van der Waals surface area contributed by atoms with E-state index < -0.39 is 17.7 Å². The number of hydrogen-bond acceptors (Lipinski definition) is 8. The largest absolute Gasteiger partial charge is 0.356 e. The van der Waals surface area contributed by atoms with Crippen LogP contribution in [-0.4, -0.2) is 93.1 Å². The van der Waals surface area contributed by atoms with Crippen molar-refractivity contribution in [3.8, 4) is 0 Å². The van der Waals surface area contributed by atoms with Crippen LogP contribution < -0.4 is 10.6 Å². The predicted octanol–water partition coefficient (Wildman–Crippen LogP) is 2.76. The van der Waals surface area contributed by atoms with Crippen molar-refractivity contribution in [3.05, 3.63) is 0 Å². The zero-order valence-electron chi connectivity index (χ0n) is 24.4. The number of nitrogens with zero attached hydrogens (tertiary/aromatic N) is 3. The fourth-order valence-electron chi connectivity index (χ4n) is 3.73. The molecule has 0 aromatic rings. The van der Waals surface area contributed by atoms with Crippen LogP contribution in [0.4, 0.5) is 0 Å². The maximum absolute atomic E-state index is 12.0. The summed E-state index contributed by atoms with van der Waals surface area (Å²) in [5.74, 6) is -1.99. The second kappa shape index (κ2) is 24.1. The van der Waals surface area contributed by atoms with Crippen LogP contribution in [0.25, 0.3) is 0 Å². The van der Waals surface area contributed by atoms with Gasteiger partial charge in [-0.1, -0.05) is 32.6 Å². The van der Waals surface area contributed by atoms with Crippen LogP contribution in [0.5, 0.6) is 0 Å². The molecule has 0 saturated heterocycles. The van der Waals surface area contributed by atoms with Gasteiger partial charge in [-0.2, -0.15) is 0 Å². The quantitative estimate of drug-likeness (QED) is 0.0664. The number of carbonyl (C=O) groups excluding carboxylic acids is 5. The number of rotatable bonds is 24. The fourth-order valence-corrected chi connectivity index (χ4v) is 3.73. The molecule has 0 aromatic carbocycles. The molecule has 0 aromatic heterocycles. The molecule has 0 atom stereocenters. The van der Waals surface area contributed by atoms with Crippen molar-refractivity contribution in [3.63, 3.8) is 0 Å². The van der Waals surface area contributed by atoms with E-state index in [0.29, 0.717) is 60.4 Å². The molecule has 5 amide bonds. The maximum atomic E-state index is 12.0. The van der Waals surface area contributed by atoms with Gasteiger partial charge in [0.2, 0.25) is 29.5 Å². The highest BCUT2D eigenvalue weighted by Gasteiger charge is 2.14. The van der Waals surface area contributed by atoms with Crippen molar-refractivity contribution in [1.82, 2.24) is 25.8 Å². The summed E-state index contributed by atoms with van der Waals surface area (Å²) in [6.07, 6.45) is 8.66. The number of unbranched alkanes of at least 4 members (excludes halogenated alkanes) is 8. The molecule has 0 aliphatic heterocycles. The Labute approximate surface area is 238 Å². The van der Waals surface area contributed by atoms with Gasteiger partial charge in [0.05, 0.1) is 0 Å². The minimum absolute atomic E-state index is 0.00179. The molecule has 0 aliphatic carbocycles. The highest BCUT2D eigenvalue weighted by molar-refractivity contribution is 5.83. The molecule has 13 nitrogen and oxygen atoms in total. The van der Waals surface area contributed by atoms with Crippen molar-refractivity contribution >= 4 is 29.5 Å². The van der Waals surface area contributed by atoms with Gasteiger partial charge >= 0.3 is 0 Å². The van der Waals surface area contributed by atoms with Crippen LogP contribution in [0.1, 0.15) is 110 Å². The van der Waals surface area contributed by atoms with Crippen LogP contribution >= 0.6 is 0 Å². The Morgan fingerprint density at radius 3 is 1.30 bits per heavy atom. The minimum Gasteiger partial charge on any atom is -0.356 e. The minimum atomic E-state index is -0.542. The topological polar surface area (TPSA) is 180 Å². The summed E-state index contributed by atoms with van der Waals surface area (Å²) in [5, 5.41) is 36.3. The van der Waals surface area contributed by atoms with E-state index in [1.807, 2.05) is 0 Å². The highest BCUT2D eigenvalue weighted by atomic mass is 16.5. The van der Waals surface area contributed by atoms with Gasteiger partial charge in [0, 0.05) is 65.3 Å². The van der Waals surface area contributed by atoms with Crippen LogP contribution in [0, 0.1) is 0 Å². The Morgan fingerprint density at radius 1 is 0.525 bits per heavy atom. The van der Waals surface area contributed by atoms with E-state index in [2.05, 4.69) is 17.6 Å². The summed E-state index contributed by atoms with van der Waals surface area (Å²) in [6.45, 7) is 4.86. The lowest BCUT2D eigenvalue weighted by Crippen LogP contribution is -2.31. The lowest BCUT2D eigenvalue weighted by molar-refractivity contribution is -0.166. The molecule has 0 bridgehead atoms. The summed E-state index contributed by atoms with van der Waals surface area (Å²) in [5.41, 5.74) is 0. The molecule has 0 rings (SSSR count). The smallest absolute Gasteiger partial charge is 0.246 e. The molecule has 0 spiro atoms. The molecule has 0 heterocycles. The second-order valence-corrected chi connectivity index (χ2v) is 9.91. The molecular weight excluding hydrogens is 522 g/mol. The third-order valence-electron chi connectivity index (χ3n) is 6.28. The molecule has 5 N–H and O–H groups in total. The molecule has 232 valence electrons. The average molecular weight is 574 g/mol. The Hall–Kier alpha value is -2.77. The predicted molar refractivity (Wildman–Crippen MR) is 147 cm³/mol. The summed E-state index contributed by atoms with van der Waals surface area (Å²) in [4.78, 5) is 58.5. The highest BCUT2D eigenvalue weighted by Crippen LogP contribution is 2.05. The van der Waals surface area contributed by atoms with Gasteiger partial charge < -0.3 is 10.6 Å². The van der Waals surface area contributed by atoms with E-state index in [1.54, 1.807) is 0 Å². The van der Waals surface area contributed by atoms with E-state index >= 15 is 0 Å². The SMILES string of the molecule is CCCCCCCN(O)C(=O)CCC(=O)NCCCCCN(O)C(=O)CCC(=O)NCCCCCN(O)C(C)=O. The average Bonchev–Trinajstić information content (AvgIpc) is 2.93. The number of hydroxylamine groups is 6. The molecule has 0 radical (unpaired) electrons. The van der Waals surface area contributed by atoms with Crippen LogP contribution in [-0.2, 0) is 24.0 Å². The number of nitrogens with one attached hydrogen (secondary N) is 2. The van der Waals surface area contributed by atoms with E-state index in [-0.39, 0.29) is 57.1 Å². The normalized spacial score (nSPS) is 10.6. The summed E-state index contributed by atoms with van der Waals surface area (Å²) in [6, 6.07) is 0. The van der Waals surface area contributed by atoms with Crippen LogP contribution in [0.2, 0.25) is 0 Å².